The second kappa shape index (κ2) is 7.28. The first-order valence-electron chi connectivity index (χ1n) is 6.68. The van der Waals surface area contributed by atoms with Crippen LogP contribution in [0.25, 0.3) is 0 Å². The summed E-state index contributed by atoms with van der Waals surface area (Å²) < 4.78 is 13.6. The molecule has 110 valence electrons. The van der Waals surface area contributed by atoms with E-state index < -0.39 is 11.2 Å². The first-order valence-corrected chi connectivity index (χ1v) is 7.09. The van der Waals surface area contributed by atoms with Gasteiger partial charge in [0.25, 0.3) is 0 Å². The maximum absolute atomic E-state index is 13.6. The van der Waals surface area contributed by atoms with Gasteiger partial charge in [-0.05, 0) is 18.9 Å². The SMILES string of the molecule is CCCC(CCC)(C(=O)Nc1ccncc1F)C(N)=S. The predicted molar refractivity (Wildman–Crippen MR) is 81.9 cm³/mol. The van der Waals surface area contributed by atoms with Crippen molar-refractivity contribution in [2.45, 2.75) is 39.5 Å². The van der Waals surface area contributed by atoms with Gasteiger partial charge in [0.15, 0.2) is 5.82 Å². The average molecular weight is 297 g/mol. The van der Waals surface area contributed by atoms with E-state index in [0.29, 0.717) is 12.8 Å². The highest BCUT2D eigenvalue weighted by Crippen LogP contribution is 2.32. The van der Waals surface area contributed by atoms with Crippen LogP contribution in [0.4, 0.5) is 10.1 Å². The number of rotatable bonds is 7. The number of hydrogen-bond donors (Lipinski definition) is 2. The molecule has 6 heteroatoms. The third-order valence-corrected chi connectivity index (χ3v) is 3.67. The van der Waals surface area contributed by atoms with E-state index in [2.05, 4.69) is 10.3 Å². The van der Waals surface area contributed by atoms with E-state index in [-0.39, 0.29) is 16.6 Å². The molecule has 0 aliphatic rings. The van der Waals surface area contributed by atoms with Crippen molar-refractivity contribution in [3.8, 4) is 0 Å². The van der Waals surface area contributed by atoms with Crippen molar-refractivity contribution in [3.05, 3.63) is 24.3 Å². The number of halogens is 1. The summed E-state index contributed by atoms with van der Waals surface area (Å²) in [4.78, 5) is 16.3. The van der Waals surface area contributed by atoms with E-state index in [0.717, 1.165) is 19.0 Å². The topological polar surface area (TPSA) is 68.0 Å². The first kappa shape index (κ1) is 16.5. The lowest BCUT2D eigenvalue weighted by Crippen LogP contribution is -2.46. The van der Waals surface area contributed by atoms with Crippen molar-refractivity contribution in [3.63, 3.8) is 0 Å². The van der Waals surface area contributed by atoms with Crippen LogP contribution in [0.2, 0.25) is 0 Å². The minimum Gasteiger partial charge on any atom is -0.392 e. The lowest BCUT2D eigenvalue weighted by molar-refractivity contribution is -0.122. The molecule has 1 heterocycles. The number of thiocarbonyl (C=S) groups is 1. The normalized spacial score (nSPS) is 11.2. The van der Waals surface area contributed by atoms with Crippen LogP contribution in [0.1, 0.15) is 39.5 Å². The molecule has 0 spiro atoms. The second-order valence-corrected chi connectivity index (χ2v) is 5.20. The molecule has 1 rings (SSSR count). The Morgan fingerprint density at radius 3 is 2.50 bits per heavy atom. The minimum atomic E-state index is -0.922. The van der Waals surface area contributed by atoms with Crippen LogP contribution in [0, 0.1) is 11.2 Å². The molecule has 0 unspecified atom stereocenters. The number of carbonyl (C=O) groups excluding carboxylic acids is 1. The van der Waals surface area contributed by atoms with Crippen LogP contribution >= 0.6 is 12.2 Å². The fraction of sp³-hybridized carbons (Fsp3) is 0.500. The van der Waals surface area contributed by atoms with E-state index >= 15 is 0 Å². The largest absolute Gasteiger partial charge is 0.392 e. The zero-order chi connectivity index (χ0) is 15.2. The molecule has 0 saturated carbocycles. The number of nitrogens with two attached hydrogens (primary N) is 1. The highest BCUT2D eigenvalue weighted by Gasteiger charge is 2.40. The monoisotopic (exact) mass is 297 g/mol. The lowest BCUT2D eigenvalue weighted by atomic mass is 9.78. The van der Waals surface area contributed by atoms with Crippen molar-refractivity contribution >= 4 is 28.8 Å². The summed E-state index contributed by atoms with van der Waals surface area (Å²) in [6, 6.07) is 1.41. The van der Waals surface area contributed by atoms with Gasteiger partial charge in [0.1, 0.15) is 0 Å². The first-order chi connectivity index (χ1) is 9.47. The Hall–Kier alpha value is -1.56. The minimum absolute atomic E-state index is 0.0952. The van der Waals surface area contributed by atoms with Crippen molar-refractivity contribution in [1.29, 1.82) is 0 Å². The summed E-state index contributed by atoms with van der Waals surface area (Å²) in [5.74, 6) is -0.926. The van der Waals surface area contributed by atoms with E-state index in [1.807, 2.05) is 13.8 Å². The number of pyridine rings is 1. The molecule has 0 aliphatic heterocycles. The Kier molecular flexibility index (Phi) is 6.01. The smallest absolute Gasteiger partial charge is 0.237 e. The van der Waals surface area contributed by atoms with Crippen molar-refractivity contribution in [2.24, 2.45) is 11.1 Å². The molecule has 1 aromatic heterocycles. The lowest BCUT2D eigenvalue weighted by Gasteiger charge is -2.31. The summed E-state index contributed by atoms with van der Waals surface area (Å²) in [5.41, 5.74) is 4.97. The van der Waals surface area contributed by atoms with Crippen LogP contribution in [-0.2, 0) is 4.79 Å². The van der Waals surface area contributed by atoms with Crippen LogP contribution in [0.3, 0.4) is 0 Å². The summed E-state index contributed by atoms with van der Waals surface area (Å²) in [5, 5.41) is 2.58. The Morgan fingerprint density at radius 1 is 1.45 bits per heavy atom. The zero-order valence-electron chi connectivity index (χ0n) is 11.8. The van der Waals surface area contributed by atoms with E-state index in [9.17, 15) is 9.18 Å². The number of anilines is 1. The molecule has 0 aromatic carbocycles. The Balaban J connectivity index is 3.05. The molecule has 0 radical (unpaired) electrons. The molecular formula is C14H20FN3OS. The summed E-state index contributed by atoms with van der Waals surface area (Å²) in [6.45, 7) is 3.92. The third-order valence-electron chi connectivity index (χ3n) is 3.28. The summed E-state index contributed by atoms with van der Waals surface area (Å²) in [7, 11) is 0. The standard InChI is InChI=1S/C14H20FN3OS/c1-3-6-14(7-4-2,12(16)20)13(19)18-11-5-8-17-9-10(11)15/h5,8-9H,3-4,6-7H2,1-2H3,(H2,16,20)(H,17,18,19). The van der Waals surface area contributed by atoms with Gasteiger partial charge in [-0.15, -0.1) is 0 Å². The number of amides is 1. The van der Waals surface area contributed by atoms with Gasteiger partial charge in [-0.2, -0.15) is 0 Å². The van der Waals surface area contributed by atoms with Gasteiger partial charge in [-0.1, -0.05) is 38.9 Å². The van der Waals surface area contributed by atoms with Crippen LogP contribution in [0.15, 0.2) is 18.5 Å². The molecule has 1 aromatic rings. The van der Waals surface area contributed by atoms with Crippen molar-refractivity contribution in [1.82, 2.24) is 4.98 Å². The Morgan fingerprint density at radius 2 is 2.05 bits per heavy atom. The van der Waals surface area contributed by atoms with Crippen LogP contribution in [0.5, 0.6) is 0 Å². The molecule has 0 bridgehead atoms. The Bertz CT molecular complexity index is 487. The van der Waals surface area contributed by atoms with Crippen LogP contribution < -0.4 is 11.1 Å². The third kappa shape index (κ3) is 3.50. The Labute approximate surface area is 124 Å². The zero-order valence-corrected chi connectivity index (χ0v) is 12.6. The molecule has 0 aliphatic carbocycles. The number of hydrogen-bond acceptors (Lipinski definition) is 3. The molecule has 0 fully saturated rings. The highest BCUT2D eigenvalue weighted by atomic mass is 32.1. The van der Waals surface area contributed by atoms with Crippen molar-refractivity contribution < 1.29 is 9.18 Å². The van der Waals surface area contributed by atoms with Gasteiger partial charge in [0.2, 0.25) is 5.91 Å². The molecule has 20 heavy (non-hydrogen) atoms. The molecule has 1 amide bonds. The molecular weight excluding hydrogens is 277 g/mol. The molecule has 0 saturated heterocycles. The number of carbonyl (C=O) groups is 1. The van der Waals surface area contributed by atoms with E-state index in [1.54, 1.807) is 0 Å². The maximum atomic E-state index is 13.6. The van der Waals surface area contributed by atoms with Crippen molar-refractivity contribution in [2.75, 3.05) is 5.32 Å². The van der Waals surface area contributed by atoms with Gasteiger partial charge < -0.3 is 11.1 Å². The van der Waals surface area contributed by atoms with Crippen LogP contribution in [-0.4, -0.2) is 15.9 Å². The summed E-state index contributed by atoms with van der Waals surface area (Å²) >= 11 is 5.10. The fourth-order valence-electron chi connectivity index (χ4n) is 2.28. The molecule has 0 atom stereocenters. The number of aromatic nitrogens is 1. The van der Waals surface area contributed by atoms with E-state index in [4.69, 9.17) is 18.0 Å². The maximum Gasteiger partial charge on any atom is 0.237 e. The average Bonchev–Trinajstić information content (AvgIpc) is 2.40. The highest BCUT2D eigenvalue weighted by molar-refractivity contribution is 7.80. The number of nitrogens with zero attached hydrogens (tertiary/aromatic N) is 1. The predicted octanol–water partition coefficient (Wildman–Crippen LogP) is 3.03. The second-order valence-electron chi connectivity index (χ2n) is 4.76. The quantitative estimate of drug-likeness (QED) is 0.759. The molecule has 4 nitrogen and oxygen atoms in total. The van der Waals surface area contributed by atoms with Gasteiger partial charge >= 0.3 is 0 Å². The van der Waals surface area contributed by atoms with Gasteiger partial charge in [0, 0.05) is 6.20 Å². The van der Waals surface area contributed by atoms with E-state index in [1.165, 1.54) is 12.3 Å². The summed E-state index contributed by atoms with van der Waals surface area (Å²) in [6.07, 6.45) is 5.11. The van der Waals surface area contributed by atoms with Gasteiger partial charge in [-0.25, -0.2) is 4.39 Å². The van der Waals surface area contributed by atoms with Gasteiger partial charge in [0.05, 0.1) is 22.3 Å². The number of nitrogens with one attached hydrogen (secondary N) is 1. The fourth-order valence-corrected chi connectivity index (χ4v) is 2.58. The van der Waals surface area contributed by atoms with Gasteiger partial charge in [-0.3, -0.25) is 9.78 Å². The molecule has 3 N–H and O–H groups in total.